The summed E-state index contributed by atoms with van der Waals surface area (Å²) in [5.41, 5.74) is 14.7. The van der Waals surface area contributed by atoms with E-state index < -0.39 is 11.5 Å². The summed E-state index contributed by atoms with van der Waals surface area (Å²) >= 11 is 13.0. The Kier molecular flexibility index (Phi) is 11.4. The van der Waals surface area contributed by atoms with Crippen molar-refractivity contribution < 1.29 is 4.39 Å². The molecule has 0 aliphatic carbocycles. The van der Waals surface area contributed by atoms with Gasteiger partial charge in [0, 0.05) is 40.8 Å². The molecule has 0 spiro atoms. The van der Waals surface area contributed by atoms with Crippen LogP contribution in [0.5, 0.6) is 0 Å². The van der Waals surface area contributed by atoms with Crippen LogP contribution in [-0.2, 0) is 6.42 Å². The third-order valence-corrected chi connectivity index (χ3v) is 7.92. The summed E-state index contributed by atoms with van der Waals surface area (Å²) in [4.78, 5) is 24.6. The van der Waals surface area contributed by atoms with Gasteiger partial charge in [0.05, 0.1) is 22.2 Å². The fourth-order valence-corrected chi connectivity index (χ4v) is 5.70. The molecule has 8 nitrogen and oxygen atoms in total. The lowest BCUT2D eigenvalue weighted by Crippen LogP contribution is -2.24. The van der Waals surface area contributed by atoms with Crippen LogP contribution in [0, 0.1) is 5.82 Å². The van der Waals surface area contributed by atoms with Gasteiger partial charge in [-0.05, 0) is 94.0 Å². The molecular formula is C32H40Cl2FN7O. The highest BCUT2D eigenvalue weighted by Gasteiger charge is 2.17. The monoisotopic (exact) mass is 627 g/mol. The number of nitrogens with two attached hydrogens (primary N) is 2. The Bertz CT molecular complexity index is 1640. The Morgan fingerprint density at radius 1 is 1.16 bits per heavy atom. The number of H-pyrrole nitrogens is 1. The number of hydrogen-bond donors (Lipinski definition) is 4. The van der Waals surface area contributed by atoms with Crippen LogP contribution in [0.4, 0.5) is 4.39 Å². The van der Waals surface area contributed by atoms with E-state index in [1.165, 1.54) is 4.57 Å². The van der Waals surface area contributed by atoms with Gasteiger partial charge in [-0.3, -0.25) is 9.56 Å². The Hall–Kier alpha value is -3.24. The highest BCUT2D eigenvalue weighted by Crippen LogP contribution is 2.32. The maximum absolute atomic E-state index is 15.1. The molecule has 230 valence electrons. The van der Waals surface area contributed by atoms with Gasteiger partial charge >= 0.3 is 5.69 Å². The average molecular weight is 629 g/mol. The molecule has 2 unspecified atom stereocenters. The molecule has 6 N–H and O–H groups in total. The molecule has 4 rings (SSSR count). The minimum atomic E-state index is -0.528. The van der Waals surface area contributed by atoms with Crippen LogP contribution in [0.2, 0.25) is 10.0 Å². The van der Waals surface area contributed by atoms with E-state index in [1.54, 1.807) is 37.4 Å². The number of benzene rings is 2. The van der Waals surface area contributed by atoms with Gasteiger partial charge in [0.1, 0.15) is 5.65 Å². The summed E-state index contributed by atoms with van der Waals surface area (Å²) in [5.74, 6) is 0.0521. The first-order valence-corrected chi connectivity index (χ1v) is 15.5. The lowest BCUT2D eigenvalue weighted by molar-refractivity contribution is 0.490. The second-order valence-corrected chi connectivity index (χ2v) is 11.9. The van der Waals surface area contributed by atoms with Crippen LogP contribution < -0.4 is 22.5 Å². The zero-order chi connectivity index (χ0) is 31.1. The second kappa shape index (κ2) is 15.0. The fraction of sp³-hybridized carbons (Fsp3) is 0.406. The maximum atomic E-state index is 15.1. The third-order valence-electron chi connectivity index (χ3n) is 7.31. The number of aryl methyl sites for hydroxylation is 1. The second-order valence-electron chi connectivity index (χ2n) is 11.1. The highest BCUT2D eigenvalue weighted by molar-refractivity contribution is 6.31. The van der Waals surface area contributed by atoms with Crippen LogP contribution in [0.15, 0.2) is 52.4 Å². The molecule has 0 radical (unpaired) electrons. The van der Waals surface area contributed by atoms with E-state index in [1.807, 2.05) is 19.1 Å². The summed E-state index contributed by atoms with van der Waals surface area (Å²) in [6.45, 7) is 7.31. The average Bonchev–Trinajstić information content (AvgIpc) is 3.36. The van der Waals surface area contributed by atoms with E-state index in [0.717, 1.165) is 56.2 Å². The van der Waals surface area contributed by atoms with Gasteiger partial charge in [-0.2, -0.15) is 4.98 Å². The van der Waals surface area contributed by atoms with Gasteiger partial charge in [0.15, 0.2) is 5.82 Å². The summed E-state index contributed by atoms with van der Waals surface area (Å²) in [7, 11) is 0. The van der Waals surface area contributed by atoms with Crippen molar-refractivity contribution in [2.75, 3.05) is 13.1 Å². The third kappa shape index (κ3) is 8.44. The Morgan fingerprint density at radius 2 is 1.95 bits per heavy atom. The van der Waals surface area contributed by atoms with Crippen molar-refractivity contribution in [3.05, 3.63) is 80.1 Å². The zero-order valence-electron chi connectivity index (χ0n) is 24.9. The molecule has 0 bridgehead atoms. The van der Waals surface area contributed by atoms with E-state index in [-0.39, 0.29) is 17.1 Å². The van der Waals surface area contributed by atoms with E-state index in [0.29, 0.717) is 45.4 Å². The number of fused-ring (bicyclic) bond motifs is 1. The first-order valence-electron chi connectivity index (χ1n) is 14.7. The first-order chi connectivity index (χ1) is 20.6. The van der Waals surface area contributed by atoms with Crippen LogP contribution in [-0.4, -0.2) is 39.5 Å². The lowest BCUT2D eigenvalue weighted by Gasteiger charge is -2.20. The van der Waals surface area contributed by atoms with Crippen LogP contribution in [0.25, 0.3) is 28.0 Å². The predicted molar refractivity (Wildman–Crippen MR) is 176 cm³/mol. The minimum Gasteiger partial charge on any atom is -0.388 e. The number of hydrogen-bond acceptors (Lipinski definition) is 5. The van der Waals surface area contributed by atoms with Crippen molar-refractivity contribution in [1.82, 2.24) is 19.9 Å². The van der Waals surface area contributed by atoms with Crippen LogP contribution in [0.3, 0.4) is 0 Å². The largest absolute Gasteiger partial charge is 0.388 e. The zero-order valence-corrected chi connectivity index (χ0v) is 26.4. The molecule has 2 heterocycles. The summed E-state index contributed by atoms with van der Waals surface area (Å²) in [6.07, 6.45) is 6.89. The Balaban J connectivity index is 1.60. The Labute approximate surface area is 261 Å². The summed E-state index contributed by atoms with van der Waals surface area (Å²) in [6, 6.07) is 10.9. The van der Waals surface area contributed by atoms with Gasteiger partial charge in [-0.15, -0.1) is 0 Å². The molecule has 4 aromatic rings. The normalized spacial score (nSPS) is 13.5. The number of rotatable bonds is 14. The van der Waals surface area contributed by atoms with Crippen LogP contribution in [0.1, 0.15) is 70.0 Å². The SMILES string of the molecule is CCCC(NCCCN=C(C)N)c1ccc(-n2cc3cc(-c4cc(CCCC(C)N)cc(Cl)c4F)[nH]c3nc2=O)cc1Cl. The quantitative estimate of drug-likeness (QED) is 0.0703. The lowest BCUT2D eigenvalue weighted by atomic mass is 10.0. The first kappa shape index (κ1) is 32.7. The minimum absolute atomic E-state index is 0.0456. The maximum Gasteiger partial charge on any atom is 0.354 e. The van der Waals surface area contributed by atoms with Crippen molar-refractivity contribution in [3.8, 4) is 16.9 Å². The fourth-order valence-electron chi connectivity index (χ4n) is 5.15. The molecule has 0 saturated carbocycles. The smallest absolute Gasteiger partial charge is 0.354 e. The predicted octanol–water partition coefficient (Wildman–Crippen LogP) is 6.69. The number of nitrogens with one attached hydrogen (secondary N) is 2. The van der Waals surface area contributed by atoms with E-state index in [2.05, 4.69) is 27.2 Å². The van der Waals surface area contributed by atoms with Crippen molar-refractivity contribution in [3.63, 3.8) is 0 Å². The van der Waals surface area contributed by atoms with Crippen molar-refractivity contribution in [1.29, 1.82) is 0 Å². The number of nitrogens with zero attached hydrogens (tertiary/aromatic N) is 3. The number of halogens is 3. The van der Waals surface area contributed by atoms with E-state index in [9.17, 15) is 4.79 Å². The van der Waals surface area contributed by atoms with Crippen molar-refractivity contribution in [2.45, 2.75) is 71.4 Å². The van der Waals surface area contributed by atoms with E-state index >= 15 is 4.39 Å². The Morgan fingerprint density at radius 3 is 2.65 bits per heavy atom. The van der Waals surface area contributed by atoms with E-state index in [4.69, 9.17) is 34.7 Å². The summed E-state index contributed by atoms with van der Waals surface area (Å²) in [5, 5.41) is 4.81. The molecule has 0 fully saturated rings. The van der Waals surface area contributed by atoms with Crippen molar-refractivity contribution >= 4 is 40.1 Å². The number of aliphatic imine (C=N–C) groups is 1. The molecule has 2 aromatic heterocycles. The van der Waals surface area contributed by atoms with Gasteiger partial charge in [0.2, 0.25) is 0 Å². The standard InChI is InChI=1S/C32H40Cl2FN7O/c1-4-7-28(39-13-6-12-38-20(3)37)24-11-10-23(17-26(24)33)42-18-22-16-29(40-31(22)41-32(42)43)25-14-21(9-5-8-19(2)36)15-27(34)30(25)35/h10-11,14-19,28,39H,4-9,12-13,36H2,1-3H3,(H2,37,38)(H,40,41,43). The number of aromatic amines is 1. The molecule has 43 heavy (non-hydrogen) atoms. The molecule has 0 aliphatic heterocycles. The molecule has 0 aliphatic rings. The molecule has 0 amide bonds. The molecule has 11 heteroatoms. The number of aromatic nitrogens is 3. The molecule has 2 aromatic carbocycles. The van der Waals surface area contributed by atoms with Gasteiger partial charge in [-0.25, -0.2) is 9.18 Å². The van der Waals surface area contributed by atoms with Gasteiger partial charge in [-0.1, -0.05) is 42.6 Å². The van der Waals surface area contributed by atoms with Gasteiger partial charge < -0.3 is 21.8 Å². The van der Waals surface area contributed by atoms with Gasteiger partial charge in [0.25, 0.3) is 0 Å². The summed E-state index contributed by atoms with van der Waals surface area (Å²) < 4.78 is 16.6. The molecule has 2 atom stereocenters. The van der Waals surface area contributed by atoms with Crippen LogP contribution >= 0.6 is 23.2 Å². The number of amidine groups is 1. The highest BCUT2D eigenvalue weighted by atomic mass is 35.5. The molecule has 0 saturated heterocycles. The van der Waals surface area contributed by atoms with Crippen molar-refractivity contribution in [2.24, 2.45) is 16.5 Å². The molecular weight excluding hydrogens is 588 g/mol. The topological polar surface area (TPSA) is 127 Å².